The Hall–Kier alpha value is -2.48. The molecule has 2 fully saturated rings. The van der Waals surface area contributed by atoms with Crippen molar-refractivity contribution in [3.8, 4) is 0 Å². The molecule has 0 bridgehead atoms. The average molecular weight is 387 g/mol. The molecule has 8 heteroatoms. The summed E-state index contributed by atoms with van der Waals surface area (Å²) < 4.78 is 5.75. The molecule has 2 amide bonds. The lowest BCUT2D eigenvalue weighted by Gasteiger charge is -2.29. The highest BCUT2D eigenvalue weighted by Crippen LogP contribution is 2.27. The first-order chi connectivity index (χ1) is 13.2. The third kappa shape index (κ3) is 3.53. The standard InChI is InChI=1S/C19H21N3O4S/c23-18(9-15-8-13-4-1-2-6-17(13)26-15)21-7-3-5-16(21)19(24)22-12-27-11-14(22)10-20-25/h1-2,4,6,8,10,14,16,25H,3,5,7,9,11-12H2/t14-,16-/m1/s1. The van der Waals surface area contributed by atoms with Crippen LogP contribution in [0.4, 0.5) is 0 Å². The Balaban J connectivity index is 1.47. The van der Waals surface area contributed by atoms with E-state index >= 15 is 0 Å². The molecule has 7 nitrogen and oxygen atoms in total. The molecule has 2 aliphatic heterocycles. The van der Waals surface area contributed by atoms with E-state index in [1.165, 1.54) is 6.21 Å². The number of nitrogens with zero attached hydrogens (tertiary/aromatic N) is 3. The molecule has 1 N–H and O–H groups in total. The summed E-state index contributed by atoms with van der Waals surface area (Å²) in [5.74, 6) is 1.71. The number of thioether (sulfide) groups is 1. The monoisotopic (exact) mass is 387 g/mol. The molecule has 2 aromatic rings. The van der Waals surface area contributed by atoms with E-state index in [0.29, 0.717) is 30.4 Å². The second-order valence-electron chi connectivity index (χ2n) is 6.81. The van der Waals surface area contributed by atoms with Gasteiger partial charge in [0.05, 0.1) is 24.6 Å². The van der Waals surface area contributed by atoms with E-state index in [4.69, 9.17) is 9.62 Å². The molecule has 2 atom stereocenters. The molecule has 1 aromatic carbocycles. The van der Waals surface area contributed by atoms with Crippen molar-refractivity contribution in [1.29, 1.82) is 0 Å². The van der Waals surface area contributed by atoms with Gasteiger partial charge in [-0.15, -0.1) is 11.8 Å². The van der Waals surface area contributed by atoms with Crippen LogP contribution in [0.3, 0.4) is 0 Å². The Labute approximate surface area is 161 Å². The topological polar surface area (TPSA) is 86.4 Å². The minimum atomic E-state index is -0.449. The Bertz CT molecular complexity index is 848. The zero-order chi connectivity index (χ0) is 18.8. The fourth-order valence-corrected chi connectivity index (χ4v) is 4.90. The van der Waals surface area contributed by atoms with Gasteiger partial charge < -0.3 is 19.4 Å². The lowest BCUT2D eigenvalue weighted by atomic mass is 10.1. The van der Waals surface area contributed by atoms with Gasteiger partial charge in [-0.1, -0.05) is 23.4 Å². The number of hydrogen-bond acceptors (Lipinski definition) is 6. The summed E-state index contributed by atoms with van der Waals surface area (Å²) in [6.07, 6.45) is 3.00. The minimum absolute atomic E-state index is 0.0691. The van der Waals surface area contributed by atoms with Gasteiger partial charge in [0.1, 0.15) is 17.4 Å². The van der Waals surface area contributed by atoms with Crippen molar-refractivity contribution in [1.82, 2.24) is 9.80 Å². The summed E-state index contributed by atoms with van der Waals surface area (Å²) in [7, 11) is 0. The van der Waals surface area contributed by atoms with E-state index in [1.807, 2.05) is 30.3 Å². The van der Waals surface area contributed by atoms with Crippen LogP contribution < -0.4 is 0 Å². The Morgan fingerprint density at radius 3 is 3.00 bits per heavy atom. The molecular formula is C19H21N3O4S. The number of para-hydroxylation sites is 1. The Morgan fingerprint density at radius 2 is 2.19 bits per heavy atom. The van der Waals surface area contributed by atoms with Gasteiger partial charge in [-0.3, -0.25) is 9.59 Å². The molecule has 27 heavy (non-hydrogen) atoms. The maximum absolute atomic E-state index is 13.0. The fourth-order valence-electron chi connectivity index (χ4n) is 3.77. The molecule has 0 saturated carbocycles. The van der Waals surface area contributed by atoms with Crippen molar-refractivity contribution in [2.24, 2.45) is 5.16 Å². The number of likely N-dealkylation sites (tertiary alicyclic amines) is 1. The van der Waals surface area contributed by atoms with Gasteiger partial charge in [0, 0.05) is 17.7 Å². The molecule has 0 aliphatic carbocycles. The molecule has 1 aromatic heterocycles. The van der Waals surface area contributed by atoms with E-state index in [2.05, 4.69) is 5.16 Å². The van der Waals surface area contributed by atoms with Crippen molar-refractivity contribution in [3.05, 3.63) is 36.1 Å². The molecule has 2 aliphatic rings. The van der Waals surface area contributed by atoms with Crippen LogP contribution in [0.25, 0.3) is 11.0 Å². The first-order valence-electron chi connectivity index (χ1n) is 9.00. The molecule has 0 spiro atoms. The van der Waals surface area contributed by atoms with Gasteiger partial charge in [0.2, 0.25) is 11.8 Å². The van der Waals surface area contributed by atoms with Crippen LogP contribution >= 0.6 is 11.8 Å². The summed E-state index contributed by atoms with van der Waals surface area (Å²) in [4.78, 5) is 29.2. The first-order valence-corrected chi connectivity index (χ1v) is 10.2. The minimum Gasteiger partial charge on any atom is -0.461 e. The molecule has 4 rings (SSSR count). The quantitative estimate of drug-likeness (QED) is 0.494. The zero-order valence-electron chi connectivity index (χ0n) is 14.8. The second-order valence-corrected chi connectivity index (χ2v) is 7.81. The number of oxime groups is 1. The third-order valence-corrected chi connectivity index (χ3v) is 6.14. The van der Waals surface area contributed by atoms with Gasteiger partial charge >= 0.3 is 0 Å². The van der Waals surface area contributed by atoms with Crippen molar-refractivity contribution in [3.63, 3.8) is 0 Å². The summed E-state index contributed by atoms with van der Waals surface area (Å²) in [6.45, 7) is 0.579. The summed E-state index contributed by atoms with van der Waals surface area (Å²) in [6, 6.07) is 8.86. The summed E-state index contributed by atoms with van der Waals surface area (Å²) >= 11 is 1.62. The number of rotatable bonds is 4. The second kappa shape index (κ2) is 7.64. The van der Waals surface area contributed by atoms with Gasteiger partial charge in [-0.05, 0) is 25.0 Å². The van der Waals surface area contributed by atoms with Gasteiger partial charge in [-0.2, -0.15) is 0 Å². The van der Waals surface area contributed by atoms with Crippen LogP contribution in [-0.2, 0) is 16.0 Å². The van der Waals surface area contributed by atoms with Gasteiger partial charge in [0.15, 0.2) is 0 Å². The number of benzene rings is 1. The van der Waals surface area contributed by atoms with Crippen LogP contribution in [0, 0.1) is 0 Å². The van der Waals surface area contributed by atoms with E-state index in [1.54, 1.807) is 21.6 Å². The normalized spacial score (nSPS) is 23.0. The molecule has 142 valence electrons. The van der Waals surface area contributed by atoms with Crippen LogP contribution in [0.1, 0.15) is 18.6 Å². The van der Waals surface area contributed by atoms with E-state index in [-0.39, 0.29) is 24.3 Å². The smallest absolute Gasteiger partial charge is 0.246 e. The van der Waals surface area contributed by atoms with Gasteiger partial charge in [-0.25, -0.2) is 0 Å². The average Bonchev–Trinajstić information content (AvgIpc) is 3.40. The molecule has 0 radical (unpaired) electrons. The summed E-state index contributed by atoms with van der Waals surface area (Å²) in [5.41, 5.74) is 0.759. The van der Waals surface area contributed by atoms with Crippen LogP contribution in [0.2, 0.25) is 0 Å². The number of furan rings is 1. The highest BCUT2D eigenvalue weighted by molar-refractivity contribution is 7.99. The van der Waals surface area contributed by atoms with E-state index in [9.17, 15) is 9.59 Å². The Kier molecular flexibility index (Phi) is 5.07. The van der Waals surface area contributed by atoms with Crippen molar-refractivity contribution in [2.45, 2.75) is 31.3 Å². The van der Waals surface area contributed by atoms with Gasteiger partial charge in [0.25, 0.3) is 0 Å². The number of fused-ring (bicyclic) bond motifs is 1. The Morgan fingerprint density at radius 1 is 1.33 bits per heavy atom. The third-order valence-electron chi connectivity index (χ3n) is 5.10. The first kappa shape index (κ1) is 17.9. The number of carbonyl (C=O) groups excluding carboxylic acids is 2. The lowest BCUT2D eigenvalue weighted by Crippen LogP contribution is -2.50. The predicted octanol–water partition coefficient (Wildman–Crippen LogP) is 2.33. The summed E-state index contributed by atoms with van der Waals surface area (Å²) in [5, 5.41) is 12.9. The number of amides is 2. The molecule has 2 saturated heterocycles. The molecule has 3 heterocycles. The van der Waals surface area contributed by atoms with Crippen molar-refractivity contribution < 1.29 is 19.2 Å². The van der Waals surface area contributed by atoms with Crippen LogP contribution in [0.15, 0.2) is 39.9 Å². The maximum atomic E-state index is 13.0. The van der Waals surface area contributed by atoms with Crippen molar-refractivity contribution >= 4 is 40.8 Å². The zero-order valence-corrected chi connectivity index (χ0v) is 15.6. The lowest BCUT2D eigenvalue weighted by molar-refractivity contribution is -0.143. The number of carbonyl (C=O) groups is 2. The fraction of sp³-hybridized carbons (Fsp3) is 0.421. The predicted molar refractivity (Wildman–Crippen MR) is 103 cm³/mol. The SMILES string of the molecule is O=C([C@H]1CCCN1C(=O)Cc1cc2ccccc2o1)N1CSC[C@H]1C=NO. The van der Waals surface area contributed by atoms with E-state index < -0.39 is 6.04 Å². The largest absolute Gasteiger partial charge is 0.461 e. The molecular weight excluding hydrogens is 366 g/mol. The number of hydrogen-bond donors (Lipinski definition) is 1. The highest BCUT2D eigenvalue weighted by atomic mass is 32.2. The van der Waals surface area contributed by atoms with Crippen LogP contribution in [0.5, 0.6) is 0 Å². The van der Waals surface area contributed by atoms with Crippen LogP contribution in [-0.4, -0.2) is 63.3 Å². The van der Waals surface area contributed by atoms with Crippen molar-refractivity contribution in [2.75, 3.05) is 18.2 Å². The maximum Gasteiger partial charge on any atom is 0.246 e. The van der Waals surface area contributed by atoms with E-state index in [0.717, 1.165) is 17.4 Å². The molecule has 0 unspecified atom stereocenters. The highest BCUT2D eigenvalue weighted by Gasteiger charge is 2.40.